The molecule has 0 amide bonds. The highest BCUT2D eigenvalue weighted by atomic mass is 32.2. The van der Waals surface area contributed by atoms with Gasteiger partial charge in [0.25, 0.3) is 0 Å². The second kappa shape index (κ2) is 5.74. The maximum absolute atomic E-state index is 11.8. The number of nitrogens with one attached hydrogen (secondary N) is 1. The molecule has 1 saturated heterocycles. The highest BCUT2D eigenvalue weighted by Gasteiger charge is 2.28. The van der Waals surface area contributed by atoms with Gasteiger partial charge >= 0.3 is 0 Å². The maximum Gasteiger partial charge on any atom is 0.156 e. The van der Waals surface area contributed by atoms with Crippen molar-refractivity contribution in [2.75, 3.05) is 23.8 Å². The molecule has 0 aliphatic carbocycles. The molecule has 1 aliphatic heterocycles. The Morgan fingerprint density at radius 1 is 1.38 bits per heavy atom. The van der Waals surface area contributed by atoms with E-state index in [1.54, 1.807) is 20.8 Å². The molecule has 1 unspecified atom stereocenters. The fraction of sp³-hybridized carbons (Fsp3) is 1.00. The first-order valence-electron chi connectivity index (χ1n) is 5.86. The van der Waals surface area contributed by atoms with Crippen LogP contribution in [0.2, 0.25) is 0 Å². The normalized spacial score (nSPS) is 23.3. The molecule has 0 radical (unpaired) electrons. The van der Waals surface area contributed by atoms with Crippen molar-refractivity contribution in [3.05, 3.63) is 0 Å². The monoisotopic (exact) mass is 265 g/mol. The minimum absolute atomic E-state index is 0.248. The van der Waals surface area contributed by atoms with Gasteiger partial charge in [-0.1, -0.05) is 0 Å². The lowest BCUT2D eigenvalue weighted by Crippen LogP contribution is -2.40. The summed E-state index contributed by atoms with van der Waals surface area (Å²) in [6.07, 6.45) is 2.43. The van der Waals surface area contributed by atoms with Gasteiger partial charge in [0.15, 0.2) is 9.84 Å². The molecule has 1 atom stereocenters. The van der Waals surface area contributed by atoms with E-state index in [0.29, 0.717) is 12.6 Å². The van der Waals surface area contributed by atoms with E-state index in [0.717, 1.165) is 5.75 Å². The van der Waals surface area contributed by atoms with Crippen molar-refractivity contribution in [1.29, 1.82) is 0 Å². The summed E-state index contributed by atoms with van der Waals surface area (Å²) in [6.45, 7) is 5.88. The maximum atomic E-state index is 11.8. The van der Waals surface area contributed by atoms with Gasteiger partial charge in [0.2, 0.25) is 0 Å². The van der Waals surface area contributed by atoms with Gasteiger partial charge in [0.05, 0.1) is 10.5 Å². The smallest absolute Gasteiger partial charge is 0.156 e. The molecule has 0 aromatic rings. The van der Waals surface area contributed by atoms with Crippen molar-refractivity contribution in [3.63, 3.8) is 0 Å². The number of thioether (sulfide) groups is 1. The minimum Gasteiger partial charge on any atom is -0.312 e. The summed E-state index contributed by atoms with van der Waals surface area (Å²) in [7, 11) is -2.97. The summed E-state index contributed by atoms with van der Waals surface area (Å²) < 4.78 is 23.1. The summed E-state index contributed by atoms with van der Waals surface area (Å²) in [6, 6.07) is 0.508. The number of rotatable bonds is 4. The molecule has 3 nitrogen and oxygen atoms in total. The zero-order valence-corrected chi connectivity index (χ0v) is 12.1. The largest absolute Gasteiger partial charge is 0.312 e. The highest BCUT2D eigenvalue weighted by molar-refractivity contribution is 7.99. The Bertz CT molecular complexity index is 300. The topological polar surface area (TPSA) is 46.2 Å². The molecule has 1 N–H and O–H groups in total. The number of sulfone groups is 1. The number of hydrogen-bond acceptors (Lipinski definition) is 4. The molecule has 1 aliphatic rings. The first-order chi connectivity index (χ1) is 7.33. The van der Waals surface area contributed by atoms with Gasteiger partial charge in [-0.05, 0) is 39.4 Å². The molecule has 1 heterocycles. The first kappa shape index (κ1) is 14.3. The van der Waals surface area contributed by atoms with Gasteiger partial charge in [-0.3, -0.25) is 0 Å². The summed E-state index contributed by atoms with van der Waals surface area (Å²) in [5.74, 6) is 2.62. The van der Waals surface area contributed by atoms with Gasteiger partial charge in [-0.2, -0.15) is 11.8 Å². The lowest BCUT2D eigenvalue weighted by molar-refractivity contribution is 0.514. The van der Waals surface area contributed by atoms with E-state index >= 15 is 0 Å². The summed E-state index contributed by atoms with van der Waals surface area (Å²) in [5.41, 5.74) is 0. The molecule has 0 spiro atoms. The second-order valence-electron chi connectivity index (χ2n) is 5.30. The predicted octanol–water partition coefficient (Wildman–Crippen LogP) is 1.68. The Hall–Kier alpha value is 0.260. The molecule has 0 bridgehead atoms. The molecule has 0 aromatic heterocycles. The van der Waals surface area contributed by atoms with Crippen LogP contribution in [0.1, 0.15) is 33.6 Å². The highest BCUT2D eigenvalue weighted by Crippen LogP contribution is 2.18. The molecular formula is C11H23NO2S2. The second-order valence-corrected chi connectivity index (χ2v) is 9.31. The zero-order valence-electron chi connectivity index (χ0n) is 10.5. The van der Waals surface area contributed by atoms with Gasteiger partial charge < -0.3 is 5.32 Å². The van der Waals surface area contributed by atoms with Crippen LogP contribution in [0, 0.1) is 0 Å². The van der Waals surface area contributed by atoms with Crippen molar-refractivity contribution < 1.29 is 8.42 Å². The van der Waals surface area contributed by atoms with E-state index in [1.165, 1.54) is 18.6 Å². The third-order valence-corrected chi connectivity index (χ3v) is 6.72. The summed E-state index contributed by atoms with van der Waals surface area (Å²) in [5, 5.41) is 3.35. The van der Waals surface area contributed by atoms with Crippen LogP contribution in [0.15, 0.2) is 0 Å². The Labute approximate surface area is 104 Å². The van der Waals surface area contributed by atoms with Crippen LogP contribution in [0.3, 0.4) is 0 Å². The Morgan fingerprint density at radius 2 is 2.06 bits per heavy atom. The molecule has 1 rings (SSSR count). The average Bonchev–Trinajstić information content (AvgIpc) is 2.17. The molecule has 16 heavy (non-hydrogen) atoms. The lowest BCUT2D eigenvalue weighted by atomic mass is 10.2. The predicted molar refractivity (Wildman–Crippen MR) is 71.9 cm³/mol. The Kier molecular flexibility index (Phi) is 5.13. The van der Waals surface area contributed by atoms with Crippen molar-refractivity contribution in [2.24, 2.45) is 0 Å². The van der Waals surface area contributed by atoms with E-state index in [-0.39, 0.29) is 5.75 Å². The Balaban J connectivity index is 2.29. The van der Waals surface area contributed by atoms with Gasteiger partial charge in [-0.15, -0.1) is 0 Å². The fourth-order valence-corrected chi connectivity index (χ4v) is 3.71. The molecule has 5 heteroatoms. The summed E-state index contributed by atoms with van der Waals surface area (Å²) in [4.78, 5) is 0. The van der Waals surface area contributed by atoms with Crippen LogP contribution in [0.4, 0.5) is 0 Å². The van der Waals surface area contributed by atoms with Crippen LogP contribution in [-0.2, 0) is 9.84 Å². The first-order valence-corrected chi connectivity index (χ1v) is 8.67. The van der Waals surface area contributed by atoms with Gasteiger partial charge in [-0.25, -0.2) is 8.42 Å². The third-order valence-electron chi connectivity index (χ3n) is 2.90. The van der Waals surface area contributed by atoms with E-state index in [2.05, 4.69) is 5.32 Å². The van der Waals surface area contributed by atoms with Crippen molar-refractivity contribution in [2.45, 2.75) is 44.4 Å². The SMILES string of the molecule is CC(C)(C)S(=O)(=O)CCNC1CCCSC1. The fourth-order valence-electron chi connectivity index (χ4n) is 1.61. The van der Waals surface area contributed by atoms with Crippen LogP contribution in [0.5, 0.6) is 0 Å². The Morgan fingerprint density at radius 3 is 2.56 bits per heavy atom. The van der Waals surface area contributed by atoms with Crippen molar-refractivity contribution >= 4 is 21.6 Å². The molecule has 96 valence electrons. The zero-order chi connectivity index (χ0) is 12.2. The van der Waals surface area contributed by atoms with Crippen LogP contribution >= 0.6 is 11.8 Å². The minimum atomic E-state index is -2.97. The van der Waals surface area contributed by atoms with Gasteiger partial charge in [0, 0.05) is 18.3 Å². The standard InChI is InChI=1S/C11H23NO2S2/c1-11(2,3)16(13,14)8-6-12-10-5-4-7-15-9-10/h10,12H,4-9H2,1-3H3. The molecular weight excluding hydrogens is 242 g/mol. The van der Waals surface area contributed by atoms with Crippen LogP contribution in [0.25, 0.3) is 0 Å². The van der Waals surface area contributed by atoms with E-state index in [9.17, 15) is 8.42 Å². The van der Waals surface area contributed by atoms with E-state index < -0.39 is 14.6 Å². The van der Waals surface area contributed by atoms with Crippen molar-refractivity contribution in [1.82, 2.24) is 5.32 Å². The molecule has 1 fully saturated rings. The third kappa shape index (κ3) is 4.26. The number of hydrogen-bond donors (Lipinski definition) is 1. The average molecular weight is 265 g/mol. The quantitative estimate of drug-likeness (QED) is 0.840. The molecule has 0 saturated carbocycles. The van der Waals surface area contributed by atoms with Crippen LogP contribution < -0.4 is 5.32 Å². The van der Waals surface area contributed by atoms with Crippen molar-refractivity contribution in [3.8, 4) is 0 Å². The lowest BCUT2D eigenvalue weighted by Gasteiger charge is -2.24. The van der Waals surface area contributed by atoms with Gasteiger partial charge in [0.1, 0.15) is 0 Å². The van der Waals surface area contributed by atoms with Crippen LogP contribution in [-0.4, -0.2) is 43.0 Å². The summed E-state index contributed by atoms with van der Waals surface area (Å²) >= 11 is 1.95. The van der Waals surface area contributed by atoms with E-state index in [1.807, 2.05) is 11.8 Å². The van der Waals surface area contributed by atoms with E-state index in [4.69, 9.17) is 0 Å². The molecule has 0 aromatic carbocycles.